The average Bonchev–Trinajstić information content (AvgIpc) is 3.09. The first-order valence-corrected chi connectivity index (χ1v) is 8.59. The van der Waals surface area contributed by atoms with Crippen LogP contribution in [-0.4, -0.2) is 33.0 Å². The van der Waals surface area contributed by atoms with Gasteiger partial charge in [-0.1, -0.05) is 0 Å². The molecule has 8 nitrogen and oxygen atoms in total. The fourth-order valence-electron chi connectivity index (χ4n) is 2.88. The number of nitrogens with zero attached hydrogens (tertiary/aromatic N) is 4. The first-order valence-electron chi connectivity index (χ1n) is 7.71. The summed E-state index contributed by atoms with van der Waals surface area (Å²) in [5.41, 5.74) is -0.263. The van der Waals surface area contributed by atoms with Gasteiger partial charge in [0, 0.05) is 32.1 Å². The monoisotopic (exact) mass is 359 g/mol. The van der Waals surface area contributed by atoms with Gasteiger partial charge >= 0.3 is 5.69 Å². The summed E-state index contributed by atoms with van der Waals surface area (Å²) < 4.78 is 2.04. The molecule has 0 aromatic carbocycles. The van der Waals surface area contributed by atoms with Gasteiger partial charge in [0.15, 0.2) is 5.56 Å². The Balaban J connectivity index is 1.79. The van der Waals surface area contributed by atoms with Crippen molar-refractivity contribution >= 4 is 23.1 Å². The van der Waals surface area contributed by atoms with E-state index in [-0.39, 0.29) is 23.8 Å². The molecule has 25 heavy (non-hydrogen) atoms. The summed E-state index contributed by atoms with van der Waals surface area (Å²) in [6.45, 7) is 1.10. The highest BCUT2D eigenvalue weighted by molar-refractivity contribution is 7.10. The third-order valence-corrected chi connectivity index (χ3v) is 5.37. The highest BCUT2D eigenvalue weighted by atomic mass is 32.1. The molecule has 0 radical (unpaired) electrons. The number of carbonyl (C=O) groups excluding carboxylic acids is 1. The molecule has 0 saturated heterocycles. The topological polar surface area (TPSA) is 100 Å². The summed E-state index contributed by atoms with van der Waals surface area (Å²) in [6, 6.07) is 3.83. The lowest BCUT2D eigenvalue weighted by atomic mass is 10.1. The van der Waals surface area contributed by atoms with E-state index in [9.17, 15) is 19.6 Å². The number of nitriles is 1. The van der Waals surface area contributed by atoms with Gasteiger partial charge in [0.2, 0.25) is 5.91 Å². The van der Waals surface area contributed by atoms with Crippen LogP contribution in [0.15, 0.2) is 21.0 Å². The highest BCUT2D eigenvalue weighted by Gasteiger charge is 2.22. The SMILES string of the molecule is Cn1c(NCC(=O)N2CCc3sccc3C2)c(C#N)c(=O)n(C)c1=O. The molecular formula is C16H17N5O3S. The third-order valence-electron chi connectivity index (χ3n) is 4.34. The van der Waals surface area contributed by atoms with Crippen LogP contribution in [0.3, 0.4) is 0 Å². The maximum absolute atomic E-state index is 12.5. The van der Waals surface area contributed by atoms with Gasteiger partial charge in [-0.2, -0.15) is 5.26 Å². The molecule has 9 heteroatoms. The number of amides is 1. The second kappa shape index (κ2) is 6.57. The molecule has 0 spiro atoms. The fraction of sp³-hybridized carbons (Fsp3) is 0.375. The molecule has 2 aromatic rings. The molecule has 1 amide bonds. The normalized spacial score (nSPS) is 13.2. The molecule has 3 heterocycles. The van der Waals surface area contributed by atoms with Crippen molar-refractivity contribution in [2.45, 2.75) is 13.0 Å². The van der Waals surface area contributed by atoms with Crippen molar-refractivity contribution in [2.75, 3.05) is 18.4 Å². The van der Waals surface area contributed by atoms with Crippen molar-refractivity contribution in [3.63, 3.8) is 0 Å². The van der Waals surface area contributed by atoms with Crippen molar-refractivity contribution in [1.29, 1.82) is 5.26 Å². The summed E-state index contributed by atoms with van der Waals surface area (Å²) in [6.07, 6.45) is 0.826. The van der Waals surface area contributed by atoms with E-state index in [4.69, 9.17) is 0 Å². The first kappa shape index (κ1) is 17.0. The lowest BCUT2D eigenvalue weighted by Gasteiger charge is -2.27. The zero-order valence-electron chi connectivity index (χ0n) is 13.9. The Morgan fingerprint density at radius 2 is 2.12 bits per heavy atom. The minimum absolute atomic E-state index is 0.0668. The van der Waals surface area contributed by atoms with E-state index < -0.39 is 11.2 Å². The van der Waals surface area contributed by atoms with Crippen molar-refractivity contribution in [3.8, 4) is 6.07 Å². The average molecular weight is 359 g/mol. The second-order valence-corrected chi connectivity index (χ2v) is 6.83. The van der Waals surface area contributed by atoms with Crippen LogP contribution in [0.25, 0.3) is 0 Å². The number of hydrogen-bond donors (Lipinski definition) is 1. The smallest absolute Gasteiger partial charge is 0.332 e. The number of anilines is 1. The van der Waals surface area contributed by atoms with Crippen LogP contribution in [-0.2, 0) is 31.9 Å². The summed E-state index contributed by atoms with van der Waals surface area (Å²) in [5, 5.41) is 14.0. The largest absolute Gasteiger partial charge is 0.361 e. The van der Waals surface area contributed by atoms with Gasteiger partial charge in [0.25, 0.3) is 5.56 Å². The number of hydrogen-bond acceptors (Lipinski definition) is 6. The number of aromatic nitrogens is 2. The van der Waals surface area contributed by atoms with Crippen molar-refractivity contribution in [3.05, 3.63) is 48.3 Å². The maximum Gasteiger partial charge on any atom is 0.332 e. The van der Waals surface area contributed by atoms with E-state index >= 15 is 0 Å². The Hall–Kier alpha value is -2.86. The second-order valence-electron chi connectivity index (χ2n) is 5.83. The molecule has 0 atom stereocenters. The summed E-state index contributed by atoms with van der Waals surface area (Å²) in [4.78, 5) is 39.6. The van der Waals surface area contributed by atoms with Gasteiger partial charge in [-0.25, -0.2) is 4.79 Å². The quantitative estimate of drug-likeness (QED) is 0.832. The molecule has 1 aliphatic rings. The Morgan fingerprint density at radius 3 is 2.84 bits per heavy atom. The highest BCUT2D eigenvalue weighted by Crippen LogP contribution is 2.24. The number of rotatable bonds is 3. The molecular weight excluding hydrogens is 342 g/mol. The number of nitrogens with one attached hydrogen (secondary N) is 1. The number of fused-ring (bicyclic) bond motifs is 1. The number of carbonyl (C=O) groups is 1. The van der Waals surface area contributed by atoms with Crippen molar-refractivity contribution in [2.24, 2.45) is 14.1 Å². The van der Waals surface area contributed by atoms with E-state index in [1.54, 1.807) is 22.3 Å². The zero-order valence-corrected chi connectivity index (χ0v) is 14.7. The van der Waals surface area contributed by atoms with Crippen molar-refractivity contribution < 1.29 is 4.79 Å². The minimum Gasteiger partial charge on any atom is -0.361 e. The molecule has 1 aliphatic heterocycles. The van der Waals surface area contributed by atoms with Gasteiger partial charge in [-0.3, -0.25) is 18.7 Å². The fourth-order valence-corrected chi connectivity index (χ4v) is 3.77. The molecule has 0 saturated carbocycles. The molecule has 0 unspecified atom stereocenters. The van der Waals surface area contributed by atoms with Gasteiger partial charge < -0.3 is 10.2 Å². The van der Waals surface area contributed by atoms with Gasteiger partial charge in [-0.15, -0.1) is 11.3 Å². The molecule has 3 rings (SSSR count). The minimum atomic E-state index is -0.679. The van der Waals surface area contributed by atoms with E-state index in [0.29, 0.717) is 13.1 Å². The Labute approximate surface area is 147 Å². The lowest BCUT2D eigenvalue weighted by Crippen LogP contribution is -2.42. The van der Waals surface area contributed by atoms with Crippen LogP contribution in [0.1, 0.15) is 16.0 Å². The molecule has 1 N–H and O–H groups in total. The van der Waals surface area contributed by atoms with Crippen LogP contribution in [0.4, 0.5) is 5.82 Å². The molecule has 130 valence electrons. The molecule has 2 aromatic heterocycles. The van der Waals surface area contributed by atoms with E-state index in [1.807, 2.05) is 11.4 Å². The first-order chi connectivity index (χ1) is 11.9. The lowest BCUT2D eigenvalue weighted by molar-refractivity contribution is -0.130. The molecule has 0 fully saturated rings. The van der Waals surface area contributed by atoms with Crippen molar-refractivity contribution in [1.82, 2.24) is 14.0 Å². The molecule has 0 bridgehead atoms. The van der Waals surface area contributed by atoms with Crippen LogP contribution >= 0.6 is 11.3 Å². The predicted octanol–water partition coefficient (Wildman–Crippen LogP) is 0.0140. The van der Waals surface area contributed by atoms with Crippen LogP contribution in [0.5, 0.6) is 0 Å². The van der Waals surface area contributed by atoms with Gasteiger partial charge in [0.1, 0.15) is 11.9 Å². The van der Waals surface area contributed by atoms with Gasteiger partial charge in [0.05, 0.1) is 6.54 Å². The van der Waals surface area contributed by atoms with Crippen LogP contribution in [0.2, 0.25) is 0 Å². The Kier molecular flexibility index (Phi) is 4.46. The van der Waals surface area contributed by atoms with E-state index in [0.717, 1.165) is 16.6 Å². The Bertz CT molecular complexity index is 995. The van der Waals surface area contributed by atoms with Crippen LogP contribution in [0, 0.1) is 11.3 Å². The zero-order chi connectivity index (χ0) is 18.1. The number of thiophene rings is 1. The standard InChI is InChI=1S/C16H17N5O3S/c1-19-14(11(7-17)15(23)20(2)16(19)24)18-8-13(22)21-5-3-12-10(9-21)4-6-25-12/h4,6,18H,3,5,8-9H2,1-2H3. The maximum atomic E-state index is 12.5. The van der Waals surface area contributed by atoms with Crippen LogP contribution < -0.4 is 16.6 Å². The summed E-state index contributed by atoms with van der Waals surface area (Å²) in [5.74, 6) is -0.0777. The van der Waals surface area contributed by atoms with E-state index in [2.05, 4.69) is 5.32 Å². The third kappa shape index (κ3) is 2.96. The van der Waals surface area contributed by atoms with E-state index in [1.165, 1.54) is 23.5 Å². The Morgan fingerprint density at radius 1 is 1.36 bits per heavy atom. The predicted molar refractivity (Wildman–Crippen MR) is 93.6 cm³/mol. The summed E-state index contributed by atoms with van der Waals surface area (Å²) >= 11 is 1.70. The van der Waals surface area contributed by atoms with Gasteiger partial charge in [-0.05, 0) is 23.4 Å². The molecule has 0 aliphatic carbocycles. The summed E-state index contributed by atoms with van der Waals surface area (Å²) in [7, 11) is 2.76.